The number of amides is 1. The molecule has 1 aromatic carbocycles. The Balaban J connectivity index is 2.89. The summed E-state index contributed by atoms with van der Waals surface area (Å²) in [5.41, 5.74) is 5.99. The number of carbonyl (C=O) groups excluding carboxylic acids is 2. The van der Waals surface area contributed by atoms with Crippen molar-refractivity contribution < 1.29 is 9.59 Å². The van der Waals surface area contributed by atoms with Gasteiger partial charge in [-0.2, -0.15) is 0 Å². The lowest BCUT2D eigenvalue weighted by Crippen LogP contribution is -2.19. The lowest BCUT2D eigenvalue weighted by molar-refractivity contribution is -0.118. The fourth-order valence-corrected chi connectivity index (χ4v) is 1.24. The molecular formula is C13H13NO2. The molecule has 0 aliphatic carbocycles. The van der Waals surface area contributed by atoms with Crippen LogP contribution < -0.4 is 5.73 Å². The van der Waals surface area contributed by atoms with Crippen LogP contribution in [-0.4, -0.2) is 11.7 Å². The smallest absolute Gasteiger partial charge is 0.228 e. The van der Waals surface area contributed by atoms with Gasteiger partial charge in [-0.05, 0) is 29.8 Å². The van der Waals surface area contributed by atoms with Crippen LogP contribution in [0, 0.1) is 12.1 Å². The third-order valence-corrected chi connectivity index (χ3v) is 2.17. The van der Waals surface area contributed by atoms with Crippen molar-refractivity contribution in [2.45, 2.75) is 19.3 Å². The van der Waals surface area contributed by atoms with Crippen molar-refractivity contribution in [3.63, 3.8) is 0 Å². The van der Waals surface area contributed by atoms with E-state index in [1.807, 2.05) is 0 Å². The second-order valence-electron chi connectivity index (χ2n) is 3.33. The van der Waals surface area contributed by atoms with Crippen LogP contribution in [0.2, 0.25) is 0 Å². The van der Waals surface area contributed by atoms with Gasteiger partial charge in [0.05, 0.1) is 5.92 Å². The summed E-state index contributed by atoms with van der Waals surface area (Å²) in [4.78, 5) is 22.4. The molecule has 0 bridgehead atoms. The quantitative estimate of drug-likeness (QED) is 0.754. The first-order valence-corrected chi connectivity index (χ1v) is 5.03. The van der Waals surface area contributed by atoms with E-state index in [2.05, 4.69) is 12.1 Å². The number of nitrogens with two attached hydrogens (primary N) is 1. The number of primary amides is 1. The molecule has 2 N–H and O–H groups in total. The molecule has 82 valence electrons. The van der Waals surface area contributed by atoms with Crippen molar-refractivity contribution >= 4 is 11.7 Å². The number of allylic oxidation sites excluding steroid dienone is 1. The van der Waals surface area contributed by atoms with E-state index in [9.17, 15) is 9.59 Å². The van der Waals surface area contributed by atoms with Crippen molar-refractivity contribution in [2.24, 2.45) is 5.73 Å². The molecular weight excluding hydrogens is 202 g/mol. The first kappa shape index (κ1) is 12.0. The molecule has 0 fully saturated rings. The number of ketones is 1. The van der Waals surface area contributed by atoms with Gasteiger partial charge in [0, 0.05) is 6.42 Å². The van der Waals surface area contributed by atoms with Gasteiger partial charge in [-0.15, -0.1) is 0 Å². The molecule has 0 aromatic heterocycles. The highest BCUT2D eigenvalue weighted by atomic mass is 16.1. The van der Waals surface area contributed by atoms with Gasteiger partial charge in [0.15, 0.2) is 5.78 Å². The van der Waals surface area contributed by atoms with Gasteiger partial charge >= 0.3 is 0 Å². The fraction of sp³-hybridized carbons (Fsp3) is 0.231. The monoisotopic (exact) mass is 215 g/mol. The van der Waals surface area contributed by atoms with Gasteiger partial charge in [0.25, 0.3) is 0 Å². The zero-order valence-electron chi connectivity index (χ0n) is 9.07. The van der Waals surface area contributed by atoms with Crippen LogP contribution in [0.5, 0.6) is 0 Å². The van der Waals surface area contributed by atoms with Crippen LogP contribution in [0.25, 0.3) is 0 Å². The van der Waals surface area contributed by atoms with E-state index in [0.717, 1.165) is 0 Å². The maximum absolute atomic E-state index is 11.2. The minimum Gasteiger partial charge on any atom is -0.369 e. The first-order chi connectivity index (χ1) is 7.65. The summed E-state index contributed by atoms with van der Waals surface area (Å²) in [5.74, 6) is -1.10. The SMILES string of the molecule is CCC(=O)/C=C/[C@H](C(N)=O)c1cc#ccc1. The first-order valence-electron chi connectivity index (χ1n) is 5.03. The maximum Gasteiger partial charge on any atom is 0.228 e. The Morgan fingerprint density at radius 3 is 2.75 bits per heavy atom. The summed E-state index contributed by atoms with van der Waals surface area (Å²) < 4.78 is 0. The van der Waals surface area contributed by atoms with E-state index in [1.165, 1.54) is 12.2 Å². The lowest BCUT2D eigenvalue weighted by Gasteiger charge is -2.06. The molecule has 0 aliphatic rings. The van der Waals surface area contributed by atoms with Gasteiger partial charge in [-0.1, -0.05) is 25.1 Å². The highest BCUT2D eigenvalue weighted by Gasteiger charge is 2.13. The molecule has 3 heteroatoms. The van der Waals surface area contributed by atoms with E-state index >= 15 is 0 Å². The Morgan fingerprint density at radius 2 is 2.25 bits per heavy atom. The molecule has 0 spiro atoms. The third kappa shape index (κ3) is 3.25. The van der Waals surface area contributed by atoms with Crippen molar-refractivity contribution in [1.29, 1.82) is 0 Å². The van der Waals surface area contributed by atoms with Crippen molar-refractivity contribution in [3.05, 3.63) is 48.0 Å². The van der Waals surface area contributed by atoms with Gasteiger partial charge in [-0.3, -0.25) is 9.59 Å². The average Bonchev–Trinajstić information content (AvgIpc) is 2.30. The largest absolute Gasteiger partial charge is 0.369 e. The second kappa shape index (κ2) is 5.72. The summed E-state index contributed by atoms with van der Waals surface area (Å²) in [6, 6.07) is 10.5. The molecule has 1 rings (SSSR count). The number of rotatable bonds is 5. The Kier molecular flexibility index (Phi) is 4.28. The molecule has 0 saturated heterocycles. The minimum absolute atomic E-state index is 0.0299. The molecule has 1 amide bonds. The minimum atomic E-state index is -0.582. The summed E-state index contributed by atoms with van der Waals surface area (Å²) in [7, 11) is 0. The molecule has 3 nitrogen and oxygen atoms in total. The number of hydrogen-bond donors (Lipinski definition) is 1. The third-order valence-electron chi connectivity index (χ3n) is 2.17. The van der Waals surface area contributed by atoms with Gasteiger partial charge in [0.1, 0.15) is 0 Å². The molecule has 0 unspecified atom stereocenters. The van der Waals surface area contributed by atoms with Crippen molar-refractivity contribution in [1.82, 2.24) is 0 Å². The van der Waals surface area contributed by atoms with E-state index in [0.29, 0.717) is 12.0 Å². The van der Waals surface area contributed by atoms with Gasteiger partial charge in [0.2, 0.25) is 5.91 Å². The molecule has 0 radical (unpaired) electrons. The van der Waals surface area contributed by atoms with Crippen molar-refractivity contribution in [2.75, 3.05) is 0 Å². The van der Waals surface area contributed by atoms with Crippen LogP contribution in [0.15, 0.2) is 30.4 Å². The lowest BCUT2D eigenvalue weighted by atomic mass is 9.98. The van der Waals surface area contributed by atoms with E-state index in [-0.39, 0.29) is 5.78 Å². The molecule has 1 atom stereocenters. The zero-order valence-corrected chi connectivity index (χ0v) is 9.07. The predicted octanol–water partition coefficient (Wildman–Crippen LogP) is 1.39. The summed E-state index contributed by atoms with van der Waals surface area (Å²) >= 11 is 0. The molecule has 0 heterocycles. The molecule has 0 aliphatic heterocycles. The van der Waals surface area contributed by atoms with E-state index in [1.54, 1.807) is 25.1 Å². The molecule has 16 heavy (non-hydrogen) atoms. The Morgan fingerprint density at radius 1 is 1.50 bits per heavy atom. The summed E-state index contributed by atoms with van der Waals surface area (Å²) in [6.45, 7) is 1.76. The number of hydrogen-bond acceptors (Lipinski definition) is 2. The van der Waals surface area contributed by atoms with Gasteiger partial charge in [-0.25, -0.2) is 0 Å². The Labute approximate surface area is 95.0 Å². The van der Waals surface area contributed by atoms with E-state index < -0.39 is 11.8 Å². The van der Waals surface area contributed by atoms with Crippen LogP contribution >= 0.6 is 0 Å². The van der Waals surface area contributed by atoms with Crippen LogP contribution in [0.3, 0.4) is 0 Å². The van der Waals surface area contributed by atoms with E-state index in [4.69, 9.17) is 5.73 Å². The Bertz CT molecular complexity index is 396. The fourth-order valence-electron chi connectivity index (χ4n) is 1.24. The summed E-state index contributed by atoms with van der Waals surface area (Å²) in [5, 5.41) is 0. The van der Waals surface area contributed by atoms with Crippen LogP contribution in [-0.2, 0) is 9.59 Å². The average molecular weight is 215 g/mol. The zero-order chi connectivity index (χ0) is 12.0. The molecule has 1 aromatic rings. The highest BCUT2D eigenvalue weighted by Crippen LogP contribution is 2.15. The highest BCUT2D eigenvalue weighted by molar-refractivity contribution is 5.91. The second-order valence-corrected chi connectivity index (χ2v) is 3.33. The predicted molar refractivity (Wildman–Crippen MR) is 60.5 cm³/mol. The van der Waals surface area contributed by atoms with Gasteiger partial charge < -0.3 is 5.73 Å². The van der Waals surface area contributed by atoms with Crippen LogP contribution in [0.4, 0.5) is 0 Å². The maximum atomic E-state index is 11.2. The van der Waals surface area contributed by atoms with Crippen molar-refractivity contribution in [3.8, 4) is 0 Å². The Hall–Kier alpha value is -2.08. The standard InChI is InChI=1S/C13H13NO2/c1-2-11(15)8-9-12(13(14)16)10-6-4-3-5-7-10/h4,6-9,12H,2H2,1H3,(H2,14,16)/b9-8+/t12-/m0/s1. The topological polar surface area (TPSA) is 60.2 Å². The normalized spacial score (nSPS) is 12.1. The van der Waals surface area contributed by atoms with Crippen LogP contribution in [0.1, 0.15) is 24.8 Å². The molecule has 0 saturated carbocycles. The number of carbonyl (C=O) groups is 2. The summed E-state index contributed by atoms with van der Waals surface area (Å²) in [6.07, 6.45) is 3.33.